The van der Waals surface area contributed by atoms with Crippen molar-refractivity contribution in [1.82, 2.24) is 26.3 Å². The number of carboxylic acids is 1. The average Bonchev–Trinajstić information content (AvgIpc) is 3.65. The number of carbonyl (C=O) groups excluding carboxylic acids is 4. The number of aromatic amines is 1. The fourth-order valence-electron chi connectivity index (χ4n) is 7.09. The molecule has 4 atom stereocenters. The maximum absolute atomic E-state index is 15.0. The van der Waals surface area contributed by atoms with Crippen LogP contribution in [-0.2, 0) is 49.7 Å². The Morgan fingerprint density at radius 3 is 1.93 bits per heavy atom. The van der Waals surface area contributed by atoms with Crippen LogP contribution >= 0.6 is 0 Å². The number of hydrogen-bond donors (Lipinski definition) is 6. The molecule has 8 rings (SSSR count). The lowest BCUT2D eigenvalue weighted by atomic mass is 9.98. The number of carboxylic acid groups (broad SMARTS) is 1. The number of H-pyrrole nitrogens is 1. The molecule has 0 saturated carbocycles. The van der Waals surface area contributed by atoms with E-state index in [2.05, 4.69) is 26.3 Å². The van der Waals surface area contributed by atoms with Gasteiger partial charge < -0.3 is 36.1 Å². The second kappa shape index (κ2) is 18.3. The minimum Gasteiger partial charge on any atom is -0.484 e. The summed E-state index contributed by atoms with van der Waals surface area (Å²) >= 11 is 0. The quantitative estimate of drug-likeness (QED) is 0.121. The molecule has 5 aromatic carbocycles. The summed E-state index contributed by atoms with van der Waals surface area (Å²) in [5.74, 6) is -4.59. The van der Waals surface area contributed by atoms with Crippen molar-refractivity contribution in [2.24, 2.45) is 0 Å². The molecule has 6 N–H and O–H groups in total. The monoisotopic (exact) mass is 795 g/mol. The molecule has 0 saturated heterocycles. The fourth-order valence-corrected chi connectivity index (χ4v) is 7.09. The first-order valence-corrected chi connectivity index (χ1v) is 19.2. The average molecular weight is 796 g/mol. The first-order chi connectivity index (χ1) is 28.6. The lowest BCUT2D eigenvalue weighted by molar-refractivity contribution is -0.142. The number of rotatable bonds is 8. The number of para-hydroxylation sites is 1. The summed E-state index contributed by atoms with van der Waals surface area (Å²) < 4.78 is 20.8. The van der Waals surface area contributed by atoms with Gasteiger partial charge in [-0.1, -0.05) is 103 Å². The van der Waals surface area contributed by atoms with E-state index in [-0.39, 0.29) is 31.2 Å². The number of fused-ring (bicyclic) bond motifs is 17. The molecule has 0 radical (unpaired) electrons. The number of nitrogens with one attached hydrogen (secondary N) is 5. The van der Waals surface area contributed by atoms with Gasteiger partial charge in [0.1, 0.15) is 35.7 Å². The van der Waals surface area contributed by atoms with E-state index in [1.54, 1.807) is 36.5 Å². The highest BCUT2D eigenvalue weighted by molar-refractivity contribution is 5.96. The number of halogens is 1. The normalized spacial score (nSPS) is 19.3. The van der Waals surface area contributed by atoms with Crippen LogP contribution in [0.4, 0.5) is 4.39 Å². The topological polar surface area (TPSA) is 179 Å². The number of benzene rings is 5. The van der Waals surface area contributed by atoms with Crippen molar-refractivity contribution in [3.8, 4) is 16.9 Å². The van der Waals surface area contributed by atoms with Gasteiger partial charge in [-0.05, 0) is 57.6 Å². The first kappa shape index (κ1) is 39.9. The third kappa shape index (κ3) is 10.2. The van der Waals surface area contributed by atoms with E-state index >= 15 is 4.39 Å². The van der Waals surface area contributed by atoms with Gasteiger partial charge in [0, 0.05) is 42.8 Å². The summed E-state index contributed by atoms with van der Waals surface area (Å²) in [7, 11) is 0. The molecule has 12 nitrogen and oxygen atoms in total. The van der Waals surface area contributed by atoms with E-state index < -0.39 is 66.2 Å². The van der Waals surface area contributed by atoms with Gasteiger partial charge in [0.25, 0.3) is 5.91 Å². The minimum absolute atomic E-state index is 0.0384. The highest BCUT2D eigenvalue weighted by Gasteiger charge is 2.33. The second-order valence-electron chi connectivity index (χ2n) is 14.4. The van der Waals surface area contributed by atoms with Gasteiger partial charge in [-0.2, -0.15) is 0 Å². The Balaban J connectivity index is 1.25. The fraction of sp³-hybridized carbons (Fsp3) is 0.196. The van der Waals surface area contributed by atoms with E-state index in [0.29, 0.717) is 16.9 Å². The number of hydrogen-bond acceptors (Lipinski definition) is 6. The van der Waals surface area contributed by atoms with Crippen molar-refractivity contribution in [3.63, 3.8) is 0 Å². The van der Waals surface area contributed by atoms with Gasteiger partial charge in [-0.25, -0.2) is 9.18 Å². The zero-order valence-corrected chi connectivity index (χ0v) is 31.8. The van der Waals surface area contributed by atoms with E-state index in [1.165, 1.54) is 18.2 Å². The Bertz CT molecular complexity index is 2450. The second-order valence-corrected chi connectivity index (χ2v) is 14.4. The molecule has 2 aliphatic rings. The molecule has 0 unspecified atom stereocenters. The third-order valence-electron chi connectivity index (χ3n) is 10.2. The first-order valence-electron chi connectivity index (χ1n) is 19.2. The number of amides is 4. The molecular formula is C46H42FN5O7. The van der Waals surface area contributed by atoms with Gasteiger partial charge in [0.2, 0.25) is 17.7 Å². The molecule has 0 aliphatic carbocycles. The molecule has 0 spiro atoms. The van der Waals surface area contributed by atoms with Crippen LogP contribution < -0.4 is 26.0 Å². The summed E-state index contributed by atoms with van der Waals surface area (Å²) in [5.41, 5.74) is 4.79. The van der Waals surface area contributed by atoms with Crippen LogP contribution in [0.1, 0.15) is 22.3 Å². The van der Waals surface area contributed by atoms with Crippen LogP contribution in [0.25, 0.3) is 22.0 Å². The molecule has 300 valence electrons. The van der Waals surface area contributed by atoms with Gasteiger partial charge in [0.15, 0.2) is 6.61 Å². The van der Waals surface area contributed by atoms with Gasteiger partial charge >= 0.3 is 5.97 Å². The molecule has 6 aromatic rings. The Hall–Kier alpha value is -7.28. The van der Waals surface area contributed by atoms with Gasteiger partial charge in [-0.3, -0.25) is 19.2 Å². The smallest absolute Gasteiger partial charge is 0.326 e. The van der Waals surface area contributed by atoms with Crippen molar-refractivity contribution in [2.75, 3.05) is 6.61 Å². The van der Waals surface area contributed by atoms with Gasteiger partial charge in [-0.15, -0.1) is 0 Å². The number of ether oxygens (including phenoxy) is 1. The van der Waals surface area contributed by atoms with Crippen molar-refractivity contribution in [1.29, 1.82) is 0 Å². The zero-order valence-electron chi connectivity index (χ0n) is 31.8. The standard InChI is InChI=1S/C46H42FN5O7/c47-36-12-6-4-10-32(36)24-40-45(56)52-41(46(57)58)23-29-16-20-34(21-17-29)59-27-42(53)49-39(25-33-26-48-37-13-7-5-11-35(33)37)44(55)50-38(43(54)51-40)22-28-14-18-31(19-15-28)30-8-2-1-3-9-30/h1-21,26,38-41,48H,22-25,27H2,(H,49,53)(H,50,55)(H,51,54)(H,52,56)(H,57,58)/t38-,39+,40+,41+/m1/s1. The highest BCUT2D eigenvalue weighted by Crippen LogP contribution is 2.22. The molecule has 13 heteroatoms. The molecule has 4 amide bonds. The minimum atomic E-state index is -1.46. The maximum Gasteiger partial charge on any atom is 0.326 e. The largest absolute Gasteiger partial charge is 0.484 e. The predicted molar refractivity (Wildman–Crippen MR) is 219 cm³/mol. The SMILES string of the molecule is O=C1COc2ccc(cc2)C[C@@H](C(=O)O)NC(=O)[C@H](Cc2ccccc2F)NC(=O)[C@@H](Cc2ccc(-c3ccccc3)cc2)NC(=O)[C@H](Cc2c[nH]c3ccccc23)N1. The van der Waals surface area contributed by atoms with E-state index in [4.69, 9.17) is 4.74 Å². The van der Waals surface area contributed by atoms with E-state index in [9.17, 15) is 29.1 Å². The van der Waals surface area contributed by atoms with Crippen molar-refractivity contribution >= 4 is 40.5 Å². The van der Waals surface area contributed by atoms with E-state index in [1.807, 2.05) is 78.9 Å². The van der Waals surface area contributed by atoms with Crippen LogP contribution in [-0.4, -0.2) is 70.5 Å². The summed E-state index contributed by atoms with van der Waals surface area (Å²) in [6.45, 7) is -0.444. The van der Waals surface area contributed by atoms with Crippen LogP contribution in [0.15, 0.2) is 134 Å². The van der Waals surface area contributed by atoms with E-state index in [0.717, 1.165) is 27.6 Å². The van der Waals surface area contributed by atoms with Gasteiger partial charge in [0.05, 0.1) is 0 Å². The number of carbonyl (C=O) groups is 5. The molecule has 3 heterocycles. The molecule has 2 aliphatic heterocycles. The molecular weight excluding hydrogens is 754 g/mol. The predicted octanol–water partition coefficient (Wildman–Crippen LogP) is 4.66. The Labute approximate surface area is 339 Å². The molecule has 59 heavy (non-hydrogen) atoms. The van der Waals surface area contributed by atoms with Crippen LogP contribution in [0.3, 0.4) is 0 Å². The third-order valence-corrected chi connectivity index (χ3v) is 10.2. The zero-order chi connectivity index (χ0) is 41.3. The van der Waals surface area contributed by atoms with Crippen LogP contribution in [0, 0.1) is 5.82 Å². The number of aliphatic carboxylic acids is 1. The molecule has 0 fully saturated rings. The van der Waals surface area contributed by atoms with Crippen molar-refractivity contribution < 1.29 is 38.2 Å². The van der Waals surface area contributed by atoms with Crippen LogP contribution in [0.2, 0.25) is 0 Å². The summed E-state index contributed by atoms with van der Waals surface area (Å²) in [4.78, 5) is 71.9. The Morgan fingerprint density at radius 1 is 0.627 bits per heavy atom. The lowest BCUT2D eigenvalue weighted by Gasteiger charge is -2.26. The molecule has 1 aromatic heterocycles. The summed E-state index contributed by atoms with van der Waals surface area (Å²) in [6, 6.07) is 31.3. The highest BCUT2D eigenvalue weighted by atomic mass is 19.1. The van der Waals surface area contributed by atoms with Crippen molar-refractivity contribution in [2.45, 2.75) is 49.9 Å². The summed E-state index contributed by atoms with van der Waals surface area (Å²) in [5, 5.41) is 21.8. The Morgan fingerprint density at radius 2 is 1.22 bits per heavy atom. The van der Waals surface area contributed by atoms with Crippen LogP contribution in [0.5, 0.6) is 5.75 Å². The Kier molecular flexibility index (Phi) is 12.4. The van der Waals surface area contributed by atoms with Crippen molar-refractivity contribution in [3.05, 3.63) is 162 Å². The molecule has 2 bridgehead atoms. The summed E-state index contributed by atoms with van der Waals surface area (Å²) in [6.07, 6.45) is 1.31. The maximum atomic E-state index is 15.0. The number of aromatic nitrogens is 1. The lowest BCUT2D eigenvalue weighted by Crippen LogP contribution is -2.59.